The van der Waals surface area contributed by atoms with E-state index >= 15 is 0 Å². The lowest BCUT2D eigenvalue weighted by molar-refractivity contribution is 0.236. The van der Waals surface area contributed by atoms with Crippen LogP contribution in [0.3, 0.4) is 0 Å². The summed E-state index contributed by atoms with van der Waals surface area (Å²) in [7, 11) is 0. The van der Waals surface area contributed by atoms with Crippen molar-refractivity contribution in [2.24, 2.45) is 5.92 Å². The van der Waals surface area contributed by atoms with Crippen LogP contribution < -0.4 is 5.32 Å². The van der Waals surface area contributed by atoms with Gasteiger partial charge in [-0.25, -0.2) is 0 Å². The van der Waals surface area contributed by atoms with E-state index in [0.29, 0.717) is 0 Å². The average molecular weight is 153 g/mol. The maximum atomic E-state index is 3.52. The highest BCUT2D eigenvalue weighted by Crippen LogP contribution is 2.25. The molecule has 2 unspecified atom stereocenters. The zero-order valence-electron chi connectivity index (χ0n) is 7.85. The van der Waals surface area contributed by atoms with Crippen molar-refractivity contribution in [2.45, 2.75) is 39.7 Å². The SMILES string of the molecule is CC(C)=CCNC1CCC1C. The second-order valence-corrected chi connectivity index (χ2v) is 3.85. The minimum atomic E-state index is 0.797. The van der Waals surface area contributed by atoms with Gasteiger partial charge in [0.1, 0.15) is 0 Å². The molecule has 1 nitrogen and oxygen atoms in total. The predicted molar refractivity (Wildman–Crippen MR) is 49.6 cm³/mol. The maximum Gasteiger partial charge on any atom is 0.0140 e. The minimum Gasteiger partial charge on any atom is -0.310 e. The highest BCUT2D eigenvalue weighted by Gasteiger charge is 2.25. The van der Waals surface area contributed by atoms with Gasteiger partial charge in [0.15, 0.2) is 0 Å². The summed E-state index contributed by atoms with van der Waals surface area (Å²) in [4.78, 5) is 0. The molecule has 1 aliphatic carbocycles. The molecule has 0 aromatic carbocycles. The van der Waals surface area contributed by atoms with Crippen LogP contribution in [0, 0.1) is 5.92 Å². The fourth-order valence-electron chi connectivity index (χ4n) is 1.38. The fourth-order valence-corrected chi connectivity index (χ4v) is 1.38. The summed E-state index contributed by atoms with van der Waals surface area (Å²) in [5.41, 5.74) is 1.41. The zero-order valence-corrected chi connectivity index (χ0v) is 7.85. The summed E-state index contributed by atoms with van der Waals surface area (Å²) in [5, 5.41) is 3.52. The van der Waals surface area contributed by atoms with Crippen LogP contribution in [0.15, 0.2) is 11.6 Å². The Morgan fingerprint density at radius 2 is 2.18 bits per heavy atom. The third-order valence-electron chi connectivity index (χ3n) is 2.51. The predicted octanol–water partition coefficient (Wildman–Crippen LogP) is 2.34. The second-order valence-electron chi connectivity index (χ2n) is 3.85. The van der Waals surface area contributed by atoms with E-state index in [2.05, 4.69) is 32.2 Å². The van der Waals surface area contributed by atoms with Gasteiger partial charge in [0, 0.05) is 12.6 Å². The Bertz CT molecular complexity index is 145. The van der Waals surface area contributed by atoms with Crippen molar-refractivity contribution >= 4 is 0 Å². The maximum absolute atomic E-state index is 3.52. The van der Waals surface area contributed by atoms with Gasteiger partial charge in [0.25, 0.3) is 0 Å². The number of rotatable bonds is 3. The van der Waals surface area contributed by atoms with Crippen LogP contribution in [0.4, 0.5) is 0 Å². The highest BCUT2D eigenvalue weighted by atomic mass is 14.9. The molecule has 0 heterocycles. The van der Waals surface area contributed by atoms with Gasteiger partial charge in [-0.2, -0.15) is 0 Å². The topological polar surface area (TPSA) is 12.0 Å². The van der Waals surface area contributed by atoms with Gasteiger partial charge in [-0.15, -0.1) is 0 Å². The van der Waals surface area contributed by atoms with Crippen LogP contribution in [0.5, 0.6) is 0 Å². The third-order valence-corrected chi connectivity index (χ3v) is 2.51. The van der Waals surface area contributed by atoms with Gasteiger partial charge in [-0.05, 0) is 32.6 Å². The molecule has 0 bridgehead atoms. The Labute approximate surface area is 69.9 Å². The van der Waals surface area contributed by atoms with Crippen LogP contribution in [-0.2, 0) is 0 Å². The quantitative estimate of drug-likeness (QED) is 0.614. The van der Waals surface area contributed by atoms with E-state index in [-0.39, 0.29) is 0 Å². The molecule has 1 aliphatic rings. The van der Waals surface area contributed by atoms with Crippen LogP contribution in [0.25, 0.3) is 0 Å². The molecular weight excluding hydrogens is 134 g/mol. The van der Waals surface area contributed by atoms with Gasteiger partial charge in [-0.1, -0.05) is 18.6 Å². The zero-order chi connectivity index (χ0) is 8.27. The van der Waals surface area contributed by atoms with Gasteiger partial charge in [0.2, 0.25) is 0 Å². The summed E-state index contributed by atoms with van der Waals surface area (Å²) < 4.78 is 0. The molecule has 0 spiro atoms. The standard InChI is InChI=1S/C10H19N/c1-8(2)6-7-11-10-5-4-9(10)3/h6,9-11H,4-5,7H2,1-3H3. The van der Waals surface area contributed by atoms with Crippen LogP contribution in [0.2, 0.25) is 0 Å². The summed E-state index contributed by atoms with van der Waals surface area (Å²) in [5.74, 6) is 0.903. The second kappa shape index (κ2) is 3.91. The molecule has 0 aliphatic heterocycles. The number of allylic oxidation sites excluding steroid dienone is 1. The molecule has 1 fully saturated rings. The highest BCUT2D eigenvalue weighted by molar-refractivity contribution is 4.96. The van der Waals surface area contributed by atoms with Crippen LogP contribution in [-0.4, -0.2) is 12.6 Å². The average Bonchev–Trinajstić information content (AvgIpc) is 1.94. The Balaban J connectivity index is 2.08. The molecule has 1 N–H and O–H groups in total. The first-order valence-corrected chi connectivity index (χ1v) is 4.57. The molecule has 0 radical (unpaired) electrons. The molecule has 2 atom stereocenters. The number of hydrogen-bond acceptors (Lipinski definition) is 1. The third kappa shape index (κ3) is 2.66. The van der Waals surface area contributed by atoms with Crippen molar-refractivity contribution in [3.8, 4) is 0 Å². The molecule has 0 amide bonds. The van der Waals surface area contributed by atoms with Crippen molar-refractivity contribution in [3.63, 3.8) is 0 Å². The molecule has 1 saturated carbocycles. The number of hydrogen-bond donors (Lipinski definition) is 1. The Hall–Kier alpha value is -0.300. The Morgan fingerprint density at radius 1 is 1.45 bits per heavy atom. The summed E-state index contributed by atoms with van der Waals surface area (Å²) in [6.45, 7) is 7.67. The monoisotopic (exact) mass is 153 g/mol. The lowest BCUT2D eigenvalue weighted by Crippen LogP contribution is -2.42. The van der Waals surface area contributed by atoms with Crippen molar-refractivity contribution in [3.05, 3.63) is 11.6 Å². The first-order valence-electron chi connectivity index (χ1n) is 4.57. The van der Waals surface area contributed by atoms with Gasteiger partial charge < -0.3 is 5.32 Å². The van der Waals surface area contributed by atoms with Gasteiger partial charge in [0.05, 0.1) is 0 Å². The molecular formula is C10H19N. The molecule has 1 rings (SSSR count). The normalized spacial score (nSPS) is 29.4. The van der Waals surface area contributed by atoms with Crippen molar-refractivity contribution < 1.29 is 0 Å². The minimum absolute atomic E-state index is 0.797. The lowest BCUT2D eigenvalue weighted by Gasteiger charge is -2.34. The summed E-state index contributed by atoms with van der Waals surface area (Å²) in [6.07, 6.45) is 5.04. The van der Waals surface area contributed by atoms with E-state index in [1.54, 1.807) is 0 Å². The first kappa shape index (κ1) is 8.79. The van der Waals surface area contributed by atoms with Crippen molar-refractivity contribution in [1.82, 2.24) is 5.32 Å². The van der Waals surface area contributed by atoms with E-state index in [9.17, 15) is 0 Å². The molecule has 11 heavy (non-hydrogen) atoms. The van der Waals surface area contributed by atoms with Crippen LogP contribution >= 0.6 is 0 Å². The summed E-state index contributed by atoms with van der Waals surface area (Å²) in [6, 6.07) is 0.797. The smallest absolute Gasteiger partial charge is 0.0140 e. The van der Waals surface area contributed by atoms with Gasteiger partial charge in [-0.3, -0.25) is 0 Å². The fraction of sp³-hybridized carbons (Fsp3) is 0.800. The Morgan fingerprint density at radius 3 is 2.55 bits per heavy atom. The molecule has 0 saturated heterocycles. The van der Waals surface area contributed by atoms with Crippen LogP contribution in [0.1, 0.15) is 33.6 Å². The first-order chi connectivity index (χ1) is 5.20. The Kier molecular flexibility index (Phi) is 3.13. The van der Waals surface area contributed by atoms with E-state index in [1.165, 1.54) is 18.4 Å². The largest absolute Gasteiger partial charge is 0.310 e. The number of nitrogens with one attached hydrogen (secondary N) is 1. The van der Waals surface area contributed by atoms with E-state index < -0.39 is 0 Å². The van der Waals surface area contributed by atoms with Crippen molar-refractivity contribution in [1.29, 1.82) is 0 Å². The van der Waals surface area contributed by atoms with Crippen molar-refractivity contribution in [2.75, 3.05) is 6.54 Å². The van der Waals surface area contributed by atoms with E-state index in [1.807, 2.05) is 0 Å². The molecule has 1 heteroatoms. The van der Waals surface area contributed by atoms with Gasteiger partial charge >= 0.3 is 0 Å². The lowest BCUT2D eigenvalue weighted by atomic mass is 9.81. The molecule has 0 aromatic rings. The molecule has 64 valence electrons. The van der Waals surface area contributed by atoms with E-state index in [4.69, 9.17) is 0 Å². The molecule has 0 aromatic heterocycles. The summed E-state index contributed by atoms with van der Waals surface area (Å²) >= 11 is 0. The van der Waals surface area contributed by atoms with E-state index in [0.717, 1.165) is 18.5 Å².